The minimum Gasteiger partial charge on any atom is -0.376 e. The van der Waals surface area contributed by atoms with Gasteiger partial charge in [0.2, 0.25) is 5.95 Å². The Morgan fingerprint density at radius 2 is 1.93 bits per heavy atom. The molecule has 2 N–H and O–H groups in total. The van der Waals surface area contributed by atoms with Crippen LogP contribution in [0.4, 0.5) is 5.95 Å². The highest BCUT2D eigenvalue weighted by Crippen LogP contribution is 2.42. The summed E-state index contributed by atoms with van der Waals surface area (Å²) in [5.41, 5.74) is 2.03. The second kappa shape index (κ2) is 11.3. The fourth-order valence-corrected chi connectivity index (χ4v) is 4.57. The molecule has 5 nitrogen and oxygen atoms in total. The summed E-state index contributed by atoms with van der Waals surface area (Å²) < 4.78 is 5.81. The van der Waals surface area contributed by atoms with E-state index in [2.05, 4.69) is 27.8 Å². The van der Waals surface area contributed by atoms with Gasteiger partial charge in [-0.05, 0) is 62.9 Å². The molecule has 1 atom stereocenters. The van der Waals surface area contributed by atoms with Gasteiger partial charge in [-0.15, -0.1) is 24.8 Å². The number of halogens is 3. The molecular formula is C21H29Cl3N4O. The largest absolute Gasteiger partial charge is 0.376 e. The predicted octanol–water partition coefficient (Wildman–Crippen LogP) is 4.62. The number of anilines is 1. The minimum atomic E-state index is -0.176. The van der Waals surface area contributed by atoms with Gasteiger partial charge >= 0.3 is 0 Å². The van der Waals surface area contributed by atoms with Crippen molar-refractivity contribution < 1.29 is 4.74 Å². The SMILES string of the molecule is Cl.Cl.Clc1ccccc1C1(c2ccnc(NCC3CCCCO3)n2)CCNCC1. The number of hydrogen-bond acceptors (Lipinski definition) is 5. The number of rotatable bonds is 5. The molecule has 1 unspecified atom stereocenters. The highest BCUT2D eigenvalue weighted by molar-refractivity contribution is 6.31. The Bertz CT molecular complexity index is 765. The first kappa shape index (κ1) is 24.2. The number of hydrogen-bond donors (Lipinski definition) is 2. The Balaban J connectivity index is 0.00000150. The lowest BCUT2D eigenvalue weighted by Crippen LogP contribution is -2.41. The summed E-state index contributed by atoms with van der Waals surface area (Å²) in [4.78, 5) is 9.35. The molecule has 160 valence electrons. The smallest absolute Gasteiger partial charge is 0.222 e. The molecule has 2 saturated heterocycles. The molecule has 0 radical (unpaired) electrons. The second-order valence-electron chi connectivity index (χ2n) is 7.45. The molecule has 2 aliphatic rings. The van der Waals surface area contributed by atoms with Crippen molar-refractivity contribution in [1.82, 2.24) is 15.3 Å². The number of aromatic nitrogens is 2. The third-order valence-corrected chi connectivity index (χ3v) is 6.08. The maximum atomic E-state index is 6.60. The summed E-state index contributed by atoms with van der Waals surface area (Å²) in [6.45, 7) is 3.52. The lowest BCUT2D eigenvalue weighted by atomic mass is 9.70. The van der Waals surface area contributed by atoms with Crippen molar-refractivity contribution in [3.8, 4) is 0 Å². The fraction of sp³-hybridized carbons (Fsp3) is 0.524. The van der Waals surface area contributed by atoms with Gasteiger partial charge in [0, 0.05) is 29.8 Å². The van der Waals surface area contributed by atoms with Crippen LogP contribution < -0.4 is 10.6 Å². The van der Waals surface area contributed by atoms with Crippen molar-refractivity contribution in [2.75, 3.05) is 31.6 Å². The molecule has 0 spiro atoms. The van der Waals surface area contributed by atoms with E-state index in [1.165, 1.54) is 6.42 Å². The van der Waals surface area contributed by atoms with Crippen molar-refractivity contribution in [3.63, 3.8) is 0 Å². The predicted molar refractivity (Wildman–Crippen MR) is 123 cm³/mol. The Morgan fingerprint density at radius 3 is 2.66 bits per heavy atom. The Labute approximate surface area is 190 Å². The number of nitrogens with zero attached hydrogens (tertiary/aromatic N) is 2. The summed E-state index contributed by atoms with van der Waals surface area (Å²) >= 11 is 6.60. The summed E-state index contributed by atoms with van der Waals surface area (Å²) in [7, 11) is 0. The van der Waals surface area contributed by atoms with Crippen LogP contribution in [0.2, 0.25) is 5.02 Å². The van der Waals surface area contributed by atoms with Crippen molar-refractivity contribution >= 4 is 42.4 Å². The van der Waals surface area contributed by atoms with Gasteiger partial charge in [0.1, 0.15) is 0 Å². The molecule has 0 aliphatic carbocycles. The molecule has 1 aromatic carbocycles. The molecule has 2 aliphatic heterocycles. The fourth-order valence-electron chi connectivity index (χ4n) is 4.25. The van der Waals surface area contributed by atoms with E-state index in [-0.39, 0.29) is 36.3 Å². The van der Waals surface area contributed by atoms with E-state index < -0.39 is 0 Å². The standard InChI is InChI=1S/C21H27ClN4O.2ClH/c22-18-7-2-1-6-17(18)21(9-12-23-13-10-21)19-8-11-24-20(26-19)25-15-16-5-3-4-14-27-16;;/h1-2,6-8,11,16,23H,3-5,9-10,12-15H2,(H,24,25,26);2*1H. The van der Waals surface area contributed by atoms with Gasteiger partial charge in [-0.2, -0.15) is 0 Å². The zero-order valence-electron chi connectivity index (χ0n) is 16.4. The quantitative estimate of drug-likeness (QED) is 0.683. The zero-order valence-corrected chi connectivity index (χ0v) is 18.8. The molecule has 8 heteroatoms. The highest BCUT2D eigenvalue weighted by atomic mass is 35.5. The van der Waals surface area contributed by atoms with Crippen LogP contribution in [0, 0.1) is 0 Å². The first-order valence-corrected chi connectivity index (χ1v) is 10.3. The van der Waals surface area contributed by atoms with Gasteiger partial charge in [-0.1, -0.05) is 29.8 Å². The van der Waals surface area contributed by atoms with Crippen molar-refractivity contribution in [3.05, 3.63) is 52.8 Å². The summed E-state index contributed by atoms with van der Waals surface area (Å²) in [6, 6.07) is 10.2. The molecule has 3 heterocycles. The maximum absolute atomic E-state index is 6.60. The van der Waals surface area contributed by atoms with E-state index in [1.807, 2.05) is 24.4 Å². The molecule has 4 rings (SSSR count). The van der Waals surface area contributed by atoms with Crippen LogP contribution in [0.15, 0.2) is 36.5 Å². The first-order valence-electron chi connectivity index (χ1n) is 9.93. The van der Waals surface area contributed by atoms with Crippen molar-refractivity contribution in [2.45, 2.75) is 43.6 Å². The maximum Gasteiger partial charge on any atom is 0.222 e. The minimum absolute atomic E-state index is 0. The summed E-state index contributed by atoms with van der Waals surface area (Å²) in [5, 5.41) is 7.65. The van der Waals surface area contributed by atoms with E-state index in [0.717, 1.165) is 68.2 Å². The van der Waals surface area contributed by atoms with Crippen molar-refractivity contribution in [2.24, 2.45) is 0 Å². The van der Waals surface area contributed by atoms with E-state index in [9.17, 15) is 0 Å². The normalized spacial score (nSPS) is 20.8. The molecule has 0 saturated carbocycles. The number of piperidine rings is 1. The number of ether oxygens (including phenoxy) is 1. The van der Waals surface area contributed by atoms with Crippen LogP contribution >= 0.6 is 36.4 Å². The van der Waals surface area contributed by atoms with Crippen LogP contribution in [-0.2, 0) is 10.2 Å². The van der Waals surface area contributed by atoms with Gasteiger partial charge in [-0.3, -0.25) is 0 Å². The van der Waals surface area contributed by atoms with E-state index in [4.69, 9.17) is 21.3 Å². The molecule has 2 aromatic rings. The number of benzene rings is 1. The third-order valence-electron chi connectivity index (χ3n) is 5.75. The van der Waals surface area contributed by atoms with Gasteiger partial charge < -0.3 is 15.4 Å². The van der Waals surface area contributed by atoms with Gasteiger partial charge in [0.15, 0.2) is 0 Å². The Hall–Kier alpha value is -1.11. The molecule has 1 aromatic heterocycles. The third kappa shape index (κ3) is 5.53. The van der Waals surface area contributed by atoms with Gasteiger partial charge in [0.25, 0.3) is 0 Å². The summed E-state index contributed by atoms with van der Waals surface area (Å²) in [5.74, 6) is 0.673. The lowest BCUT2D eigenvalue weighted by molar-refractivity contribution is 0.0246. The van der Waals surface area contributed by atoms with Gasteiger partial charge in [0.05, 0.1) is 11.8 Å². The van der Waals surface area contributed by atoms with E-state index in [0.29, 0.717) is 5.95 Å². The topological polar surface area (TPSA) is 59.1 Å². The van der Waals surface area contributed by atoms with Crippen LogP contribution in [0.3, 0.4) is 0 Å². The lowest BCUT2D eigenvalue weighted by Gasteiger charge is -2.38. The molecule has 29 heavy (non-hydrogen) atoms. The van der Waals surface area contributed by atoms with E-state index in [1.54, 1.807) is 0 Å². The molecule has 2 fully saturated rings. The second-order valence-corrected chi connectivity index (χ2v) is 7.85. The summed E-state index contributed by atoms with van der Waals surface area (Å²) in [6.07, 6.45) is 7.54. The van der Waals surface area contributed by atoms with Crippen LogP contribution in [-0.4, -0.2) is 42.3 Å². The number of nitrogens with one attached hydrogen (secondary N) is 2. The first-order chi connectivity index (χ1) is 13.3. The molecular weight excluding hydrogens is 431 g/mol. The average Bonchev–Trinajstić information content (AvgIpc) is 2.74. The average molecular weight is 460 g/mol. The van der Waals surface area contributed by atoms with Crippen LogP contribution in [0.5, 0.6) is 0 Å². The van der Waals surface area contributed by atoms with Crippen LogP contribution in [0.1, 0.15) is 43.4 Å². The Kier molecular flexibility index (Phi) is 9.44. The van der Waals surface area contributed by atoms with E-state index >= 15 is 0 Å². The molecule has 0 bridgehead atoms. The molecule has 0 amide bonds. The monoisotopic (exact) mass is 458 g/mol. The zero-order chi connectivity index (χ0) is 18.5. The Morgan fingerprint density at radius 1 is 1.14 bits per heavy atom. The van der Waals surface area contributed by atoms with Crippen LogP contribution in [0.25, 0.3) is 0 Å². The highest BCUT2D eigenvalue weighted by Gasteiger charge is 2.38. The van der Waals surface area contributed by atoms with Crippen molar-refractivity contribution in [1.29, 1.82) is 0 Å². The van der Waals surface area contributed by atoms with Gasteiger partial charge in [-0.25, -0.2) is 9.97 Å².